The molecule has 1 unspecified atom stereocenters. The van der Waals surface area contributed by atoms with E-state index in [4.69, 9.17) is 0 Å². The highest BCUT2D eigenvalue weighted by atomic mass is 15.2. The molecule has 0 fully saturated rings. The zero-order chi connectivity index (χ0) is 15.9. The molecule has 24 heavy (non-hydrogen) atoms. The van der Waals surface area contributed by atoms with Gasteiger partial charge in [0.05, 0.1) is 0 Å². The Hall–Kier alpha value is -2.38. The first kappa shape index (κ1) is 14.0. The predicted octanol–water partition coefficient (Wildman–Crippen LogP) is 5.01. The SMILES string of the molecule is c1ccc(-c2cccc3c2C2Cc4ccccc4CN2CC3)cc1. The monoisotopic (exact) mass is 311 g/mol. The lowest BCUT2D eigenvalue weighted by molar-refractivity contribution is 0.161. The molecule has 0 spiro atoms. The Morgan fingerprint density at radius 1 is 0.708 bits per heavy atom. The normalized spacial score (nSPS) is 19.2. The van der Waals surface area contributed by atoms with Crippen molar-refractivity contribution < 1.29 is 0 Å². The Morgan fingerprint density at radius 2 is 1.46 bits per heavy atom. The van der Waals surface area contributed by atoms with Gasteiger partial charge in [0.2, 0.25) is 0 Å². The van der Waals surface area contributed by atoms with Crippen LogP contribution in [-0.2, 0) is 19.4 Å². The van der Waals surface area contributed by atoms with Crippen LogP contribution in [0.1, 0.15) is 28.3 Å². The molecule has 0 radical (unpaired) electrons. The van der Waals surface area contributed by atoms with Crippen LogP contribution in [-0.4, -0.2) is 11.4 Å². The third kappa shape index (κ3) is 2.20. The largest absolute Gasteiger partial charge is 0.291 e. The average molecular weight is 311 g/mol. The molecule has 0 saturated carbocycles. The summed E-state index contributed by atoms with van der Waals surface area (Å²) < 4.78 is 0. The van der Waals surface area contributed by atoms with Gasteiger partial charge >= 0.3 is 0 Å². The summed E-state index contributed by atoms with van der Waals surface area (Å²) in [6.45, 7) is 2.26. The maximum absolute atomic E-state index is 2.68. The van der Waals surface area contributed by atoms with Gasteiger partial charge in [-0.1, -0.05) is 72.8 Å². The molecule has 3 aromatic carbocycles. The highest BCUT2D eigenvalue weighted by molar-refractivity contribution is 5.70. The van der Waals surface area contributed by atoms with Crippen molar-refractivity contribution >= 4 is 0 Å². The Kier molecular flexibility index (Phi) is 3.27. The van der Waals surface area contributed by atoms with E-state index in [1.165, 1.54) is 34.4 Å². The second-order valence-electron chi connectivity index (χ2n) is 6.95. The van der Waals surface area contributed by atoms with Crippen molar-refractivity contribution in [3.8, 4) is 11.1 Å². The van der Waals surface area contributed by atoms with E-state index in [0.29, 0.717) is 6.04 Å². The molecule has 1 atom stereocenters. The molecule has 1 nitrogen and oxygen atoms in total. The number of hydrogen-bond donors (Lipinski definition) is 0. The Balaban J connectivity index is 1.66. The van der Waals surface area contributed by atoms with Crippen LogP contribution in [0.15, 0.2) is 72.8 Å². The highest BCUT2D eigenvalue weighted by Gasteiger charge is 2.33. The fourth-order valence-corrected chi connectivity index (χ4v) is 4.45. The molecule has 2 aliphatic rings. The average Bonchev–Trinajstić information content (AvgIpc) is 2.66. The molecule has 2 aliphatic heterocycles. The molecule has 0 N–H and O–H groups in total. The fourth-order valence-electron chi connectivity index (χ4n) is 4.45. The van der Waals surface area contributed by atoms with Crippen LogP contribution >= 0.6 is 0 Å². The van der Waals surface area contributed by atoms with Crippen LogP contribution < -0.4 is 0 Å². The first-order chi connectivity index (χ1) is 11.9. The third-order valence-electron chi connectivity index (χ3n) is 5.63. The van der Waals surface area contributed by atoms with Crippen LogP contribution in [0, 0.1) is 0 Å². The number of hydrogen-bond acceptors (Lipinski definition) is 1. The molecule has 2 heterocycles. The fraction of sp³-hybridized carbons (Fsp3) is 0.217. The van der Waals surface area contributed by atoms with Crippen molar-refractivity contribution in [1.29, 1.82) is 0 Å². The second kappa shape index (κ2) is 5.61. The topological polar surface area (TPSA) is 3.24 Å². The van der Waals surface area contributed by atoms with Crippen LogP contribution in [0.4, 0.5) is 0 Å². The lowest BCUT2D eigenvalue weighted by atomic mass is 9.80. The first-order valence-corrected chi connectivity index (χ1v) is 8.88. The lowest BCUT2D eigenvalue weighted by Crippen LogP contribution is -2.39. The van der Waals surface area contributed by atoms with Crippen molar-refractivity contribution in [2.75, 3.05) is 6.54 Å². The van der Waals surface area contributed by atoms with E-state index in [-0.39, 0.29) is 0 Å². The zero-order valence-corrected chi connectivity index (χ0v) is 13.8. The highest BCUT2D eigenvalue weighted by Crippen LogP contribution is 2.42. The standard InChI is InChI=1S/C23H21N/c1-2-7-17(8-3-1)21-12-6-11-18-13-14-24-16-20-10-5-4-9-19(20)15-22(24)23(18)21/h1-12,22H,13-16H2. The van der Waals surface area contributed by atoms with Gasteiger partial charge in [0.1, 0.15) is 0 Å². The van der Waals surface area contributed by atoms with Gasteiger partial charge in [-0.15, -0.1) is 0 Å². The van der Waals surface area contributed by atoms with Crippen LogP contribution in [0.2, 0.25) is 0 Å². The van der Waals surface area contributed by atoms with Gasteiger partial charge < -0.3 is 0 Å². The summed E-state index contributed by atoms with van der Waals surface area (Å²) in [4.78, 5) is 2.68. The van der Waals surface area contributed by atoms with E-state index in [0.717, 1.165) is 19.4 Å². The zero-order valence-electron chi connectivity index (χ0n) is 13.8. The molecule has 0 aliphatic carbocycles. The number of rotatable bonds is 1. The van der Waals surface area contributed by atoms with Crippen LogP contribution in [0.3, 0.4) is 0 Å². The summed E-state index contributed by atoms with van der Waals surface area (Å²) in [6.07, 6.45) is 2.29. The van der Waals surface area contributed by atoms with Crippen molar-refractivity contribution in [3.63, 3.8) is 0 Å². The van der Waals surface area contributed by atoms with Crippen LogP contribution in [0.5, 0.6) is 0 Å². The molecule has 0 amide bonds. The van der Waals surface area contributed by atoms with Crippen molar-refractivity contribution in [2.24, 2.45) is 0 Å². The van der Waals surface area contributed by atoms with E-state index >= 15 is 0 Å². The second-order valence-corrected chi connectivity index (χ2v) is 6.95. The minimum Gasteiger partial charge on any atom is -0.291 e. The van der Waals surface area contributed by atoms with E-state index in [1.54, 1.807) is 5.56 Å². The summed E-state index contributed by atoms with van der Waals surface area (Å²) in [5, 5.41) is 0. The van der Waals surface area contributed by atoms with E-state index in [1.807, 2.05) is 0 Å². The molecule has 0 aromatic heterocycles. The number of benzene rings is 3. The molecular weight excluding hydrogens is 290 g/mol. The van der Waals surface area contributed by atoms with E-state index in [2.05, 4.69) is 77.7 Å². The van der Waals surface area contributed by atoms with Gasteiger partial charge in [0, 0.05) is 19.1 Å². The third-order valence-corrected chi connectivity index (χ3v) is 5.63. The van der Waals surface area contributed by atoms with Gasteiger partial charge in [0.25, 0.3) is 0 Å². The minimum atomic E-state index is 0.514. The van der Waals surface area contributed by atoms with Gasteiger partial charge in [-0.25, -0.2) is 0 Å². The van der Waals surface area contributed by atoms with E-state index < -0.39 is 0 Å². The van der Waals surface area contributed by atoms with Gasteiger partial charge in [-0.3, -0.25) is 4.90 Å². The Morgan fingerprint density at radius 3 is 2.33 bits per heavy atom. The van der Waals surface area contributed by atoms with Crippen molar-refractivity contribution in [1.82, 2.24) is 4.90 Å². The molecule has 5 rings (SSSR count). The van der Waals surface area contributed by atoms with Gasteiger partial charge in [-0.2, -0.15) is 0 Å². The van der Waals surface area contributed by atoms with Gasteiger partial charge in [-0.05, 0) is 46.2 Å². The molecule has 0 bridgehead atoms. The summed E-state index contributed by atoms with van der Waals surface area (Å²) in [5.74, 6) is 0. The lowest BCUT2D eigenvalue weighted by Gasteiger charge is -2.42. The summed E-state index contributed by atoms with van der Waals surface area (Å²) in [7, 11) is 0. The van der Waals surface area contributed by atoms with Gasteiger partial charge in [0.15, 0.2) is 0 Å². The first-order valence-electron chi connectivity index (χ1n) is 8.88. The summed E-state index contributed by atoms with van der Waals surface area (Å²) in [6, 6.07) is 27.2. The molecule has 118 valence electrons. The number of nitrogens with zero attached hydrogens (tertiary/aromatic N) is 1. The number of fused-ring (bicyclic) bond motifs is 4. The van der Waals surface area contributed by atoms with Crippen LogP contribution in [0.25, 0.3) is 11.1 Å². The summed E-state index contributed by atoms with van der Waals surface area (Å²) in [5.41, 5.74) is 8.89. The quantitative estimate of drug-likeness (QED) is 0.610. The van der Waals surface area contributed by atoms with Crippen molar-refractivity contribution in [3.05, 3.63) is 95.1 Å². The molecule has 0 saturated heterocycles. The Bertz CT molecular complexity index is 882. The van der Waals surface area contributed by atoms with Crippen molar-refractivity contribution in [2.45, 2.75) is 25.4 Å². The molecular formula is C23H21N. The predicted molar refractivity (Wildman–Crippen MR) is 98.9 cm³/mol. The van der Waals surface area contributed by atoms with E-state index in [9.17, 15) is 0 Å². The summed E-state index contributed by atoms with van der Waals surface area (Å²) >= 11 is 0. The molecule has 3 aromatic rings. The molecule has 1 heteroatoms. The Labute approximate surface area is 143 Å². The maximum Gasteiger partial charge on any atom is 0.0401 e. The minimum absolute atomic E-state index is 0.514. The maximum atomic E-state index is 2.68. The smallest absolute Gasteiger partial charge is 0.0401 e.